The molecule has 0 radical (unpaired) electrons. The van der Waals surface area contributed by atoms with Crippen molar-refractivity contribution >= 4 is 56.7 Å². The molecule has 0 aliphatic rings. The second-order valence-electron chi connectivity index (χ2n) is 5.45. The third kappa shape index (κ3) is 3.99. The fourth-order valence-electron chi connectivity index (χ4n) is 1.75. The summed E-state index contributed by atoms with van der Waals surface area (Å²) >= 11 is 8.15. The number of amides is 1. The van der Waals surface area contributed by atoms with Crippen LogP contribution in [0.25, 0.3) is 10.8 Å². The van der Waals surface area contributed by atoms with Crippen molar-refractivity contribution in [2.45, 2.75) is 26.4 Å². The summed E-state index contributed by atoms with van der Waals surface area (Å²) in [4.78, 5) is 11.8. The highest BCUT2D eigenvalue weighted by atomic mass is 127. The van der Waals surface area contributed by atoms with Gasteiger partial charge in [-0.15, -0.1) is 0 Å². The highest BCUT2D eigenvalue weighted by molar-refractivity contribution is 14.1. The molecule has 0 aromatic heterocycles. The minimum Gasteiger partial charge on any atom is -0.444 e. The Labute approximate surface area is 136 Å². The Hall–Kier alpha value is -1.01. The Kier molecular flexibility index (Phi) is 4.44. The van der Waals surface area contributed by atoms with Gasteiger partial charge < -0.3 is 4.74 Å². The largest absolute Gasteiger partial charge is 0.444 e. The van der Waals surface area contributed by atoms with Crippen LogP contribution in [-0.4, -0.2) is 11.7 Å². The molecule has 0 heterocycles. The number of nitrogens with one attached hydrogen (secondary N) is 1. The van der Waals surface area contributed by atoms with Gasteiger partial charge in [0, 0.05) is 8.59 Å². The van der Waals surface area contributed by atoms with Gasteiger partial charge in [0.2, 0.25) is 0 Å². The van der Waals surface area contributed by atoms with Gasteiger partial charge in [-0.3, -0.25) is 5.32 Å². The van der Waals surface area contributed by atoms with Crippen molar-refractivity contribution in [2.24, 2.45) is 0 Å². The van der Waals surface area contributed by atoms with Crippen LogP contribution in [0.15, 0.2) is 30.3 Å². The SMILES string of the molecule is CC(C)(C)OC(=O)Nc1cc2ccc(Cl)cc2cc1I. The summed E-state index contributed by atoms with van der Waals surface area (Å²) in [6.45, 7) is 5.50. The molecule has 0 aliphatic carbocycles. The van der Waals surface area contributed by atoms with E-state index in [1.54, 1.807) is 0 Å². The molecule has 3 nitrogen and oxygen atoms in total. The van der Waals surface area contributed by atoms with Crippen LogP contribution in [0.5, 0.6) is 0 Å². The van der Waals surface area contributed by atoms with Gasteiger partial charge in [-0.25, -0.2) is 4.79 Å². The molecule has 2 aromatic carbocycles. The highest BCUT2D eigenvalue weighted by Crippen LogP contribution is 2.28. The lowest BCUT2D eigenvalue weighted by Crippen LogP contribution is -2.27. The van der Waals surface area contributed by atoms with E-state index in [1.165, 1.54) is 0 Å². The Balaban J connectivity index is 2.29. The fourth-order valence-corrected chi connectivity index (χ4v) is 2.56. The van der Waals surface area contributed by atoms with E-state index < -0.39 is 11.7 Å². The van der Waals surface area contributed by atoms with Gasteiger partial charge in [0.25, 0.3) is 0 Å². The summed E-state index contributed by atoms with van der Waals surface area (Å²) in [6.07, 6.45) is -0.455. The number of fused-ring (bicyclic) bond motifs is 1. The summed E-state index contributed by atoms with van der Waals surface area (Å²) in [5.74, 6) is 0. The molecule has 20 heavy (non-hydrogen) atoms. The number of anilines is 1. The van der Waals surface area contributed by atoms with Crippen molar-refractivity contribution in [3.05, 3.63) is 38.9 Å². The number of ether oxygens (including phenoxy) is 1. The number of benzene rings is 2. The zero-order valence-electron chi connectivity index (χ0n) is 11.5. The minimum atomic E-state index is -0.514. The van der Waals surface area contributed by atoms with E-state index in [1.807, 2.05) is 51.1 Å². The van der Waals surface area contributed by atoms with Crippen molar-refractivity contribution in [3.8, 4) is 0 Å². The monoisotopic (exact) mass is 403 g/mol. The van der Waals surface area contributed by atoms with E-state index in [-0.39, 0.29) is 0 Å². The number of carbonyl (C=O) groups is 1. The van der Waals surface area contributed by atoms with E-state index >= 15 is 0 Å². The average Bonchev–Trinajstić information content (AvgIpc) is 2.28. The molecular formula is C15H15ClINO2. The first-order valence-electron chi connectivity index (χ1n) is 6.13. The zero-order chi connectivity index (χ0) is 14.9. The van der Waals surface area contributed by atoms with Crippen molar-refractivity contribution < 1.29 is 9.53 Å². The van der Waals surface area contributed by atoms with Crippen molar-refractivity contribution in [3.63, 3.8) is 0 Å². The van der Waals surface area contributed by atoms with Crippen molar-refractivity contribution in [2.75, 3.05) is 5.32 Å². The molecule has 0 unspecified atom stereocenters. The molecule has 5 heteroatoms. The second kappa shape index (κ2) is 5.77. The van der Waals surface area contributed by atoms with E-state index in [2.05, 4.69) is 27.9 Å². The third-order valence-corrected chi connectivity index (χ3v) is 3.65. The lowest BCUT2D eigenvalue weighted by Gasteiger charge is -2.20. The molecule has 2 rings (SSSR count). The van der Waals surface area contributed by atoms with Gasteiger partial charge in [-0.2, -0.15) is 0 Å². The standard InChI is InChI=1S/C15H15ClINO2/c1-15(2,3)20-14(19)18-13-8-9-4-5-11(16)6-10(9)7-12(13)17/h4-8H,1-3H3,(H,18,19). The number of carbonyl (C=O) groups excluding carboxylic acids is 1. The summed E-state index contributed by atoms with van der Waals surface area (Å²) < 4.78 is 6.19. The van der Waals surface area contributed by atoms with Gasteiger partial charge in [-0.05, 0) is 78.4 Å². The number of hydrogen-bond donors (Lipinski definition) is 1. The molecular weight excluding hydrogens is 389 g/mol. The summed E-state index contributed by atoms with van der Waals surface area (Å²) in [6, 6.07) is 9.55. The van der Waals surface area contributed by atoms with E-state index in [4.69, 9.17) is 16.3 Å². The molecule has 0 aliphatic heterocycles. The molecule has 0 bridgehead atoms. The maximum absolute atomic E-state index is 11.8. The first-order valence-corrected chi connectivity index (χ1v) is 7.59. The van der Waals surface area contributed by atoms with Crippen LogP contribution < -0.4 is 5.32 Å². The zero-order valence-corrected chi connectivity index (χ0v) is 14.4. The Bertz CT molecular complexity index is 665. The Morgan fingerprint density at radius 3 is 2.55 bits per heavy atom. The molecule has 0 spiro atoms. The highest BCUT2D eigenvalue weighted by Gasteiger charge is 2.17. The maximum Gasteiger partial charge on any atom is 0.412 e. The van der Waals surface area contributed by atoms with E-state index in [0.717, 1.165) is 20.0 Å². The van der Waals surface area contributed by atoms with Crippen LogP contribution in [0.4, 0.5) is 10.5 Å². The van der Waals surface area contributed by atoms with Crippen LogP contribution in [0.1, 0.15) is 20.8 Å². The average molecular weight is 404 g/mol. The summed E-state index contributed by atoms with van der Waals surface area (Å²) in [5, 5.41) is 5.52. The molecule has 0 saturated carbocycles. The van der Waals surface area contributed by atoms with Crippen LogP contribution in [0.2, 0.25) is 5.02 Å². The quantitative estimate of drug-likeness (QED) is 0.643. The number of rotatable bonds is 1. The lowest BCUT2D eigenvalue weighted by atomic mass is 10.1. The lowest BCUT2D eigenvalue weighted by molar-refractivity contribution is 0.0636. The van der Waals surface area contributed by atoms with Crippen molar-refractivity contribution in [1.29, 1.82) is 0 Å². The molecule has 1 N–H and O–H groups in total. The molecule has 0 atom stereocenters. The first-order chi connectivity index (χ1) is 9.24. The van der Waals surface area contributed by atoms with Gasteiger partial charge in [0.15, 0.2) is 0 Å². The predicted octanol–water partition coefficient (Wildman–Crippen LogP) is 5.44. The van der Waals surface area contributed by atoms with E-state index in [0.29, 0.717) is 5.02 Å². The minimum absolute atomic E-state index is 0.455. The molecule has 106 valence electrons. The van der Waals surface area contributed by atoms with Gasteiger partial charge in [-0.1, -0.05) is 17.7 Å². The van der Waals surface area contributed by atoms with E-state index in [9.17, 15) is 4.79 Å². The Morgan fingerprint density at radius 2 is 1.90 bits per heavy atom. The fraction of sp³-hybridized carbons (Fsp3) is 0.267. The number of halogens is 2. The van der Waals surface area contributed by atoms with Crippen LogP contribution in [-0.2, 0) is 4.74 Å². The third-order valence-electron chi connectivity index (χ3n) is 2.52. The van der Waals surface area contributed by atoms with Crippen LogP contribution >= 0.6 is 34.2 Å². The van der Waals surface area contributed by atoms with Crippen LogP contribution in [0, 0.1) is 3.57 Å². The first kappa shape index (κ1) is 15.4. The molecule has 0 saturated heterocycles. The predicted molar refractivity (Wildman–Crippen MR) is 91.5 cm³/mol. The van der Waals surface area contributed by atoms with Crippen molar-refractivity contribution in [1.82, 2.24) is 0 Å². The Morgan fingerprint density at radius 1 is 1.20 bits per heavy atom. The summed E-state index contributed by atoms with van der Waals surface area (Å²) in [7, 11) is 0. The molecule has 0 fully saturated rings. The second-order valence-corrected chi connectivity index (χ2v) is 7.05. The maximum atomic E-state index is 11.8. The van der Waals surface area contributed by atoms with Gasteiger partial charge in [0.05, 0.1) is 5.69 Å². The van der Waals surface area contributed by atoms with Gasteiger partial charge in [0.1, 0.15) is 5.60 Å². The normalized spacial score (nSPS) is 11.4. The van der Waals surface area contributed by atoms with Gasteiger partial charge >= 0.3 is 6.09 Å². The smallest absolute Gasteiger partial charge is 0.412 e. The number of hydrogen-bond acceptors (Lipinski definition) is 2. The topological polar surface area (TPSA) is 38.3 Å². The van der Waals surface area contributed by atoms with Crippen LogP contribution in [0.3, 0.4) is 0 Å². The molecule has 2 aromatic rings. The summed E-state index contributed by atoms with van der Waals surface area (Å²) in [5.41, 5.74) is 0.217. The molecule has 1 amide bonds.